The third-order valence-electron chi connectivity index (χ3n) is 7.09. The van der Waals surface area contributed by atoms with Crippen LogP contribution in [0.5, 0.6) is 0 Å². The van der Waals surface area contributed by atoms with Crippen molar-refractivity contribution in [3.63, 3.8) is 0 Å². The highest BCUT2D eigenvalue weighted by molar-refractivity contribution is 6.08. The summed E-state index contributed by atoms with van der Waals surface area (Å²) in [7, 11) is 0. The van der Waals surface area contributed by atoms with Gasteiger partial charge in [-0.15, -0.1) is 0 Å². The van der Waals surface area contributed by atoms with Crippen molar-refractivity contribution in [2.75, 3.05) is 6.61 Å². The summed E-state index contributed by atoms with van der Waals surface area (Å²) in [6.07, 6.45) is 1.67. The van der Waals surface area contributed by atoms with E-state index in [9.17, 15) is 14.4 Å². The molecule has 6 atom stereocenters. The largest absolute Gasteiger partial charge is 0.464 e. The Morgan fingerprint density at radius 3 is 2.60 bits per heavy atom. The number of ether oxygens (including phenoxy) is 3. The Kier molecular flexibility index (Phi) is 3.44. The molecule has 6 nitrogen and oxygen atoms in total. The fourth-order valence-electron chi connectivity index (χ4n) is 6.12. The number of Topliss-reactive ketones (excluding diaryl/α,β-unsaturated/α-hetero) is 1. The molecule has 4 aliphatic rings. The van der Waals surface area contributed by atoms with E-state index in [4.69, 9.17) is 14.2 Å². The third-order valence-corrected chi connectivity index (χ3v) is 7.09. The first kappa shape index (κ1) is 17.0. The molecule has 2 saturated carbocycles. The molecule has 0 N–H and O–H groups in total. The molecule has 0 amide bonds. The number of rotatable bonds is 3. The maximum Gasteiger partial charge on any atom is 0.346 e. The lowest BCUT2D eigenvalue weighted by Gasteiger charge is -2.43. The van der Waals surface area contributed by atoms with Crippen LogP contribution >= 0.6 is 0 Å². The monoisotopic (exact) mass is 350 g/mol. The van der Waals surface area contributed by atoms with Gasteiger partial charge in [0, 0.05) is 32.1 Å². The fraction of sp³-hybridized carbons (Fsp3) is 0.842. The first-order valence-corrected chi connectivity index (χ1v) is 9.26. The lowest BCUT2D eigenvalue weighted by Crippen LogP contribution is -2.55. The summed E-state index contributed by atoms with van der Waals surface area (Å²) >= 11 is 0. The fourth-order valence-corrected chi connectivity index (χ4v) is 6.12. The first-order chi connectivity index (χ1) is 11.7. The summed E-state index contributed by atoms with van der Waals surface area (Å²) in [6.45, 7) is 7.74. The molecule has 4 rings (SSSR count). The maximum absolute atomic E-state index is 12.7. The van der Waals surface area contributed by atoms with Crippen molar-refractivity contribution >= 4 is 17.7 Å². The van der Waals surface area contributed by atoms with Gasteiger partial charge >= 0.3 is 11.9 Å². The Hall–Kier alpha value is -1.43. The van der Waals surface area contributed by atoms with E-state index in [2.05, 4.69) is 13.8 Å². The standard InChI is InChI=1S/C19H26O6/c1-5-23-16(22)19-8-11-14-15(17(14,3)4)12(24-10(2)20)9-18(11,25-19)7-6-13(19)21/h11-12,14-15H,5-9H2,1-4H3/t11-,12-,14-,15+,18+,19-/m0/s1. The van der Waals surface area contributed by atoms with Crippen LogP contribution in [0.1, 0.15) is 53.4 Å². The number of fused-ring (bicyclic) bond motifs is 3. The first-order valence-electron chi connectivity index (χ1n) is 9.26. The number of hydrogen-bond acceptors (Lipinski definition) is 6. The molecule has 2 aliphatic heterocycles. The van der Waals surface area contributed by atoms with Gasteiger partial charge in [-0.1, -0.05) is 13.8 Å². The Morgan fingerprint density at radius 2 is 1.96 bits per heavy atom. The zero-order valence-corrected chi connectivity index (χ0v) is 15.3. The predicted octanol–water partition coefficient (Wildman–Crippen LogP) is 2.03. The van der Waals surface area contributed by atoms with Crippen LogP contribution in [0.25, 0.3) is 0 Å². The Bertz CT molecular complexity index is 654. The van der Waals surface area contributed by atoms with Crippen LogP contribution in [-0.2, 0) is 28.6 Å². The molecule has 0 radical (unpaired) electrons. The second kappa shape index (κ2) is 5.06. The number of hydrogen-bond donors (Lipinski definition) is 0. The van der Waals surface area contributed by atoms with E-state index in [-0.39, 0.29) is 41.7 Å². The molecule has 4 fully saturated rings. The summed E-state index contributed by atoms with van der Waals surface area (Å²) in [5.74, 6) is -0.298. The van der Waals surface area contributed by atoms with E-state index in [1.165, 1.54) is 6.92 Å². The molecule has 0 aromatic rings. The number of carbonyl (C=O) groups is 3. The molecule has 138 valence electrons. The highest BCUT2D eigenvalue weighted by Gasteiger charge is 2.78. The van der Waals surface area contributed by atoms with Gasteiger partial charge in [-0.25, -0.2) is 4.79 Å². The van der Waals surface area contributed by atoms with Gasteiger partial charge in [-0.3, -0.25) is 9.59 Å². The second-order valence-corrected chi connectivity index (χ2v) is 8.67. The molecule has 25 heavy (non-hydrogen) atoms. The smallest absolute Gasteiger partial charge is 0.346 e. The molecule has 0 aromatic carbocycles. The zero-order chi connectivity index (χ0) is 18.2. The van der Waals surface area contributed by atoms with Crippen molar-refractivity contribution < 1.29 is 28.6 Å². The normalized spacial score (nSPS) is 46.0. The average molecular weight is 350 g/mol. The van der Waals surface area contributed by atoms with Crippen molar-refractivity contribution in [2.24, 2.45) is 23.2 Å². The minimum Gasteiger partial charge on any atom is -0.464 e. The van der Waals surface area contributed by atoms with Crippen LogP contribution in [0, 0.1) is 23.2 Å². The van der Waals surface area contributed by atoms with Gasteiger partial charge in [0.2, 0.25) is 5.60 Å². The average Bonchev–Trinajstić information content (AvgIpc) is 2.97. The van der Waals surface area contributed by atoms with Crippen LogP contribution in [-0.4, -0.2) is 41.6 Å². The molecule has 1 spiro atoms. The summed E-state index contributed by atoms with van der Waals surface area (Å²) in [4.78, 5) is 36.8. The molecule has 2 bridgehead atoms. The number of esters is 2. The van der Waals surface area contributed by atoms with Crippen LogP contribution in [0.15, 0.2) is 0 Å². The zero-order valence-electron chi connectivity index (χ0n) is 15.3. The molecule has 0 unspecified atom stereocenters. The summed E-state index contributed by atoms with van der Waals surface area (Å²) in [6, 6.07) is 0. The van der Waals surface area contributed by atoms with Crippen molar-refractivity contribution in [1.29, 1.82) is 0 Å². The maximum atomic E-state index is 12.7. The van der Waals surface area contributed by atoms with E-state index >= 15 is 0 Å². The van der Waals surface area contributed by atoms with Crippen molar-refractivity contribution in [2.45, 2.75) is 70.7 Å². The molecule has 6 heteroatoms. The number of ketones is 1. The number of carbonyl (C=O) groups excluding carboxylic acids is 3. The van der Waals surface area contributed by atoms with Gasteiger partial charge in [0.25, 0.3) is 0 Å². The van der Waals surface area contributed by atoms with Crippen LogP contribution in [0.4, 0.5) is 0 Å². The Morgan fingerprint density at radius 1 is 1.24 bits per heavy atom. The van der Waals surface area contributed by atoms with Gasteiger partial charge in [0.05, 0.1) is 12.2 Å². The highest BCUT2D eigenvalue weighted by atomic mass is 16.6. The van der Waals surface area contributed by atoms with Crippen molar-refractivity contribution in [3.8, 4) is 0 Å². The Balaban J connectivity index is 1.71. The van der Waals surface area contributed by atoms with E-state index in [0.717, 1.165) is 0 Å². The van der Waals surface area contributed by atoms with Gasteiger partial charge in [0.1, 0.15) is 6.10 Å². The van der Waals surface area contributed by atoms with Crippen LogP contribution in [0.2, 0.25) is 0 Å². The topological polar surface area (TPSA) is 78.9 Å². The minimum atomic E-state index is -1.45. The van der Waals surface area contributed by atoms with Gasteiger partial charge < -0.3 is 14.2 Å². The predicted molar refractivity (Wildman–Crippen MR) is 86.5 cm³/mol. The molecule has 2 heterocycles. The minimum absolute atomic E-state index is 0.0218. The van der Waals surface area contributed by atoms with Gasteiger partial charge in [0.15, 0.2) is 5.78 Å². The van der Waals surface area contributed by atoms with E-state index in [0.29, 0.717) is 31.6 Å². The lowest BCUT2D eigenvalue weighted by atomic mass is 9.72. The highest BCUT2D eigenvalue weighted by Crippen LogP contribution is 2.74. The van der Waals surface area contributed by atoms with E-state index in [1.54, 1.807) is 6.92 Å². The van der Waals surface area contributed by atoms with E-state index in [1.807, 2.05) is 0 Å². The molecular formula is C19H26O6. The van der Waals surface area contributed by atoms with E-state index < -0.39 is 17.2 Å². The molecule has 2 aliphatic carbocycles. The van der Waals surface area contributed by atoms with Gasteiger partial charge in [-0.2, -0.15) is 0 Å². The lowest BCUT2D eigenvalue weighted by molar-refractivity contribution is -0.203. The molecule has 2 saturated heterocycles. The van der Waals surface area contributed by atoms with Crippen molar-refractivity contribution in [1.82, 2.24) is 0 Å². The third kappa shape index (κ3) is 2.09. The Labute approximate surface area is 147 Å². The second-order valence-electron chi connectivity index (χ2n) is 8.67. The summed E-state index contributed by atoms with van der Waals surface area (Å²) in [5.41, 5.74) is -1.99. The molecular weight excluding hydrogens is 324 g/mol. The quantitative estimate of drug-likeness (QED) is 0.572. The molecule has 0 aromatic heterocycles. The van der Waals surface area contributed by atoms with Crippen LogP contribution in [0.3, 0.4) is 0 Å². The summed E-state index contributed by atoms with van der Waals surface area (Å²) < 4.78 is 17.1. The van der Waals surface area contributed by atoms with Gasteiger partial charge in [-0.05, 0) is 30.6 Å². The van der Waals surface area contributed by atoms with Crippen LogP contribution < -0.4 is 0 Å². The summed E-state index contributed by atoms with van der Waals surface area (Å²) in [5, 5.41) is 0. The van der Waals surface area contributed by atoms with Crippen molar-refractivity contribution in [3.05, 3.63) is 0 Å². The SMILES string of the molecule is CCOC(=O)[C@]12C[C@H]3[C@H]4[C@@H]([C@@H](OC(C)=O)C[C@@]3(CCC1=O)O2)C4(C)C.